The molecule has 0 aliphatic carbocycles. The summed E-state index contributed by atoms with van der Waals surface area (Å²) in [6, 6.07) is 12.9. The van der Waals surface area contributed by atoms with E-state index < -0.39 is 50.9 Å². The molecule has 240 valence electrons. The number of benzene rings is 3. The van der Waals surface area contributed by atoms with Crippen molar-refractivity contribution in [3.05, 3.63) is 83.2 Å². The van der Waals surface area contributed by atoms with Crippen molar-refractivity contribution in [2.45, 2.75) is 55.8 Å². The number of likely N-dealkylation sites (tertiary alicyclic amines) is 1. The van der Waals surface area contributed by atoms with E-state index in [1.807, 2.05) is 0 Å². The van der Waals surface area contributed by atoms with Gasteiger partial charge in [0.05, 0.1) is 22.8 Å². The average molecular weight is 641 g/mol. The van der Waals surface area contributed by atoms with E-state index in [1.165, 1.54) is 55.6 Å². The van der Waals surface area contributed by atoms with E-state index >= 15 is 0 Å². The third-order valence-electron chi connectivity index (χ3n) is 7.78. The lowest BCUT2D eigenvalue weighted by molar-refractivity contribution is -0.133. The first kappa shape index (κ1) is 33.2. The van der Waals surface area contributed by atoms with Gasteiger partial charge in [-0.1, -0.05) is 12.1 Å². The molecule has 3 aromatic carbocycles. The van der Waals surface area contributed by atoms with Gasteiger partial charge >= 0.3 is 6.09 Å². The number of ether oxygens (including phenoxy) is 1. The van der Waals surface area contributed by atoms with Crippen molar-refractivity contribution >= 4 is 39.1 Å². The molecular formula is C32H37FN4O7S. The third-order valence-corrected chi connectivity index (χ3v) is 10.0. The Morgan fingerprint density at radius 3 is 2.51 bits per heavy atom. The van der Waals surface area contributed by atoms with Crippen molar-refractivity contribution in [1.29, 1.82) is 0 Å². The molecule has 0 unspecified atom stereocenters. The van der Waals surface area contributed by atoms with Gasteiger partial charge in [0, 0.05) is 30.5 Å². The van der Waals surface area contributed by atoms with Crippen LogP contribution in [-0.2, 0) is 14.6 Å². The number of hydrogen-bond donors (Lipinski definition) is 3. The van der Waals surface area contributed by atoms with Crippen LogP contribution in [-0.4, -0.2) is 61.8 Å². The van der Waals surface area contributed by atoms with Crippen LogP contribution in [0.25, 0.3) is 0 Å². The predicted octanol–water partition coefficient (Wildman–Crippen LogP) is 5.14. The fraction of sp³-hybridized carbons (Fsp3) is 0.344. The van der Waals surface area contributed by atoms with Crippen molar-refractivity contribution in [2.24, 2.45) is 5.73 Å². The number of anilines is 2. The number of nitrogens with zero attached hydrogens (tertiary/aromatic N) is 2. The van der Waals surface area contributed by atoms with Crippen molar-refractivity contribution in [2.75, 3.05) is 30.4 Å². The van der Waals surface area contributed by atoms with Crippen LogP contribution in [0.3, 0.4) is 0 Å². The second-order valence-corrected chi connectivity index (χ2v) is 13.5. The number of nitrogens with one attached hydrogen (secondary N) is 1. The summed E-state index contributed by atoms with van der Waals surface area (Å²) in [5, 5.41) is 12.0. The van der Waals surface area contributed by atoms with Gasteiger partial charge in [-0.25, -0.2) is 17.6 Å². The maximum atomic E-state index is 14.6. The maximum Gasteiger partial charge on any atom is 0.411 e. The second kappa shape index (κ2) is 13.6. The molecule has 4 N–H and O–H groups in total. The van der Waals surface area contributed by atoms with Gasteiger partial charge in [-0.3, -0.25) is 14.5 Å². The topological polar surface area (TPSA) is 159 Å². The number of carboxylic acid groups (broad SMARTS) is 1. The first-order valence-electron chi connectivity index (χ1n) is 14.5. The lowest BCUT2D eigenvalue weighted by Gasteiger charge is -2.32. The number of hydrogen-bond acceptors (Lipinski definition) is 7. The molecule has 1 saturated heterocycles. The molecule has 3 amide bonds. The van der Waals surface area contributed by atoms with Gasteiger partial charge < -0.3 is 25.8 Å². The van der Waals surface area contributed by atoms with Crippen LogP contribution in [0.15, 0.2) is 65.6 Å². The number of carbonyl (C=O) groups excluding carboxylic acids is 2. The lowest BCUT2D eigenvalue weighted by Crippen LogP contribution is -2.38. The number of nitrogens with two attached hydrogens (primary N) is 1. The van der Waals surface area contributed by atoms with Crippen LogP contribution in [0.4, 0.5) is 20.6 Å². The Bertz CT molecular complexity index is 1710. The minimum Gasteiger partial charge on any atom is -0.491 e. The molecule has 2 atom stereocenters. The predicted molar refractivity (Wildman–Crippen MR) is 168 cm³/mol. The van der Waals surface area contributed by atoms with Crippen LogP contribution >= 0.6 is 0 Å². The molecule has 1 aliphatic heterocycles. The highest BCUT2D eigenvalue weighted by atomic mass is 32.2. The smallest absolute Gasteiger partial charge is 0.411 e. The van der Waals surface area contributed by atoms with E-state index in [-0.39, 0.29) is 35.0 Å². The molecule has 0 saturated carbocycles. The lowest BCUT2D eigenvalue weighted by atomic mass is 10.00. The van der Waals surface area contributed by atoms with E-state index in [4.69, 9.17) is 10.5 Å². The van der Waals surface area contributed by atoms with E-state index in [0.717, 1.165) is 4.90 Å². The van der Waals surface area contributed by atoms with Crippen molar-refractivity contribution in [1.82, 2.24) is 4.90 Å². The molecule has 13 heteroatoms. The fourth-order valence-corrected chi connectivity index (χ4v) is 6.62. The summed E-state index contributed by atoms with van der Waals surface area (Å²) in [7, 11) is -2.48. The Hall–Kier alpha value is -4.65. The van der Waals surface area contributed by atoms with Gasteiger partial charge in [-0.15, -0.1) is 0 Å². The monoisotopic (exact) mass is 640 g/mol. The summed E-state index contributed by atoms with van der Waals surface area (Å²) in [6.07, 6.45) is -0.262. The number of amides is 3. The van der Waals surface area contributed by atoms with Gasteiger partial charge in [0.25, 0.3) is 0 Å². The summed E-state index contributed by atoms with van der Waals surface area (Å²) in [6.45, 7) is 5.28. The van der Waals surface area contributed by atoms with E-state index in [2.05, 4.69) is 5.32 Å². The molecule has 45 heavy (non-hydrogen) atoms. The van der Waals surface area contributed by atoms with Crippen molar-refractivity contribution in [3.63, 3.8) is 0 Å². The zero-order valence-electron chi connectivity index (χ0n) is 25.5. The molecule has 0 bridgehead atoms. The van der Waals surface area contributed by atoms with Crippen LogP contribution < -0.4 is 20.7 Å². The largest absolute Gasteiger partial charge is 0.491 e. The first-order valence-corrected chi connectivity index (χ1v) is 16.0. The van der Waals surface area contributed by atoms with Crippen molar-refractivity contribution < 1.29 is 37.0 Å². The van der Waals surface area contributed by atoms with Crippen LogP contribution in [0, 0.1) is 5.82 Å². The Morgan fingerprint density at radius 1 is 1.13 bits per heavy atom. The van der Waals surface area contributed by atoms with Crippen LogP contribution in [0.5, 0.6) is 5.75 Å². The summed E-state index contributed by atoms with van der Waals surface area (Å²) >= 11 is 0. The average Bonchev–Trinajstić information content (AvgIpc) is 3.50. The highest BCUT2D eigenvalue weighted by Gasteiger charge is 2.38. The standard InChI is InChI=1S/C32H37FN4O7S/c1-5-44-27-17-20(11-13-25(27)33)29(35-22-9-6-8-21(16-22)30(34)38)31(39)37-15-7-10-26(37)24-18-23(36(4)32(40)41)12-14-28(24)45(42,43)19(2)3/h6,8-9,11-14,16-19,26,29,35H,5,7,10,15H2,1-4H3,(H2,34,38)(H,40,41)/t26-,29+/m1/s1. The van der Waals surface area contributed by atoms with Gasteiger partial charge in [0.15, 0.2) is 21.4 Å². The Labute approximate surface area is 261 Å². The SMILES string of the molecule is CCOc1cc([C@H](Nc2cccc(C(N)=O)c2)C(=O)N2CCC[C@@H]2c2cc(N(C)C(=O)O)ccc2S(=O)(=O)C(C)C)ccc1F. The summed E-state index contributed by atoms with van der Waals surface area (Å²) in [4.78, 5) is 40.7. The number of primary amides is 1. The number of halogens is 1. The third kappa shape index (κ3) is 7.03. The molecular weight excluding hydrogens is 603 g/mol. The van der Waals surface area contributed by atoms with E-state index in [9.17, 15) is 32.3 Å². The van der Waals surface area contributed by atoms with Gasteiger partial charge in [-0.2, -0.15) is 0 Å². The minimum absolute atomic E-state index is 0.0174. The summed E-state index contributed by atoms with van der Waals surface area (Å²) in [5.74, 6) is -1.76. The highest BCUT2D eigenvalue weighted by molar-refractivity contribution is 7.92. The van der Waals surface area contributed by atoms with E-state index in [0.29, 0.717) is 29.7 Å². The maximum absolute atomic E-state index is 14.6. The molecule has 1 aliphatic rings. The number of rotatable bonds is 11. The minimum atomic E-state index is -3.83. The molecule has 3 aromatic rings. The van der Waals surface area contributed by atoms with Gasteiger partial charge in [-0.05, 0) is 93.3 Å². The zero-order chi connectivity index (χ0) is 33.1. The van der Waals surface area contributed by atoms with Gasteiger partial charge in [0.1, 0.15) is 6.04 Å². The molecule has 0 aromatic heterocycles. The van der Waals surface area contributed by atoms with Crippen LogP contribution in [0.1, 0.15) is 67.2 Å². The molecule has 0 radical (unpaired) electrons. The molecule has 1 heterocycles. The fourth-order valence-electron chi connectivity index (χ4n) is 5.33. The Balaban J connectivity index is 1.84. The Morgan fingerprint density at radius 2 is 1.87 bits per heavy atom. The summed E-state index contributed by atoms with van der Waals surface area (Å²) in [5.41, 5.74) is 7.01. The Kier molecular flexibility index (Phi) is 10.0. The summed E-state index contributed by atoms with van der Waals surface area (Å²) < 4.78 is 47.0. The van der Waals surface area contributed by atoms with Gasteiger partial charge in [0.2, 0.25) is 11.8 Å². The molecule has 4 rings (SSSR count). The number of carbonyl (C=O) groups is 3. The van der Waals surface area contributed by atoms with Crippen molar-refractivity contribution in [3.8, 4) is 5.75 Å². The second-order valence-electron chi connectivity index (χ2n) is 11.0. The van der Waals surface area contributed by atoms with E-state index in [1.54, 1.807) is 37.8 Å². The highest BCUT2D eigenvalue weighted by Crippen LogP contribution is 2.40. The first-order chi connectivity index (χ1) is 21.3. The molecule has 0 spiro atoms. The van der Waals surface area contributed by atoms with Crippen LogP contribution in [0.2, 0.25) is 0 Å². The molecule has 11 nitrogen and oxygen atoms in total. The normalized spacial score (nSPS) is 15.5. The molecule has 1 fully saturated rings. The quantitative estimate of drug-likeness (QED) is 0.260. The number of sulfone groups is 1. The zero-order valence-corrected chi connectivity index (χ0v) is 26.3.